The number of nitrogens with zero attached hydrogens (tertiary/aromatic N) is 5. The van der Waals surface area contributed by atoms with Gasteiger partial charge in [0, 0.05) is 37.4 Å². The molecule has 1 atom stereocenters. The number of aromatic nitrogens is 4. The highest BCUT2D eigenvalue weighted by atomic mass is 16.2. The van der Waals surface area contributed by atoms with E-state index in [1.807, 2.05) is 17.0 Å². The van der Waals surface area contributed by atoms with Gasteiger partial charge in [-0.25, -0.2) is 0 Å². The number of piperidine rings is 1. The minimum absolute atomic E-state index is 0.165. The van der Waals surface area contributed by atoms with Crippen LogP contribution in [0.3, 0.4) is 0 Å². The summed E-state index contributed by atoms with van der Waals surface area (Å²) in [6.45, 7) is 5.80. The monoisotopic (exact) mass is 313 g/mol. The average Bonchev–Trinajstić information content (AvgIpc) is 3.06. The first kappa shape index (κ1) is 15.6. The second-order valence-corrected chi connectivity index (χ2v) is 6.41. The van der Waals surface area contributed by atoms with E-state index in [-0.39, 0.29) is 11.8 Å². The molecule has 0 aliphatic carbocycles. The van der Waals surface area contributed by atoms with Crippen LogP contribution in [0.15, 0.2) is 30.9 Å². The molecule has 3 heterocycles. The van der Waals surface area contributed by atoms with E-state index in [4.69, 9.17) is 0 Å². The molecule has 0 saturated carbocycles. The fourth-order valence-electron chi connectivity index (χ4n) is 3.15. The molecule has 1 saturated heterocycles. The maximum Gasteiger partial charge on any atom is 0.227 e. The molecule has 0 aromatic carbocycles. The lowest BCUT2D eigenvalue weighted by Gasteiger charge is -2.32. The highest BCUT2D eigenvalue weighted by molar-refractivity contribution is 5.78. The first-order chi connectivity index (χ1) is 11.1. The smallest absolute Gasteiger partial charge is 0.227 e. The second-order valence-electron chi connectivity index (χ2n) is 6.41. The molecule has 6 heteroatoms. The first-order valence-corrected chi connectivity index (χ1v) is 8.21. The van der Waals surface area contributed by atoms with Crippen LogP contribution >= 0.6 is 0 Å². The van der Waals surface area contributed by atoms with Gasteiger partial charge in [-0.05, 0) is 38.3 Å². The van der Waals surface area contributed by atoms with Gasteiger partial charge in [0.1, 0.15) is 12.2 Å². The minimum atomic E-state index is 0.165. The van der Waals surface area contributed by atoms with Crippen LogP contribution in [-0.2, 0) is 11.2 Å². The Labute approximate surface area is 136 Å². The van der Waals surface area contributed by atoms with Gasteiger partial charge in [0.15, 0.2) is 0 Å². The van der Waals surface area contributed by atoms with Crippen LogP contribution in [0.2, 0.25) is 0 Å². The Morgan fingerprint density at radius 1 is 1.43 bits per heavy atom. The third-order valence-corrected chi connectivity index (χ3v) is 4.37. The summed E-state index contributed by atoms with van der Waals surface area (Å²) in [6, 6.07) is 4.15. The Bertz CT molecular complexity index is 652. The Kier molecular flexibility index (Phi) is 4.69. The summed E-state index contributed by atoms with van der Waals surface area (Å²) < 4.78 is 2.11. The second kappa shape index (κ2) is 6.89. The molecule has 2 aromatic rings. The molecule has 1 fully saturated rings. The van der Waals surface area contributed by atoms with E-state index in [1.165, 1.54) is 0 Å². The standard InChI is InChI=1S/C17H23N5O/c1-13(2)22-12-19-20-17(22)15-6-4-8-21(11-15)16(23)9-14-5-3-7-18-10-14/h3,5,7,10,12-13,15H,4,6,8-9,11H2,1-2H3. The summed E-state index contributed by atoms with van der Waals surface area (Å²) in [7, 11) is 0. The van der Waals surface area contributed by atoms with E-state index in [2.05, 4.69) is 33.6 Å². The summed E-state index contributed by atoms with van der Waals surface area (Å²) in [5.41, 5.74) is 0.963. The molecule has 3 rings (SSSR count). The number of pyridine rings is 1. The Morgan fingerprint density at radius 2 is 2.30 bits per heavy atom. The van der Waals surface area contributed by atoms with E-state index in [0.717, 1.165) is 37.3 Å². The number of hydrogen-bond donors (Lipinski definition) is 0. The van der Waals surface area contributed by atoms with E-state index in [1.54, 1.807) is 18.7 Å². The maximum atomic E-state index is 12.6. The highest BCUT2D eigenvalue weighted by Gasteiger charge is 2.28. The lowest BCUT2D eigenvalue weighted by Crippen LogP contribution is -2.40. The van der Waals surface area contributed by atoms with Crippen LogP contribution in [0.25, 0.3) is 0 Å². The van der Waals surface area contributed by atoms with Gasteiger partial charge in [-0.3, -0.25) is 9.78 Å². The maximum absolute atomic E-state index is 12.6. The van der Waals surface area contributed by atoms with Crippen LogP contribution in [0, 0.1) is 0 Å². The van der Waals surface area contributed by atoms with E-state index in [9.17, 15) is 4.79 Å². The van der Waals surface area contributed by atoms with Crippen LogP contribution in [0.5, 0.6) is 0 Å². The first-order valence-electron chi connectivity index (χ1n) is 8.21. The fraction of sp³-hybridized carbons (Fsp3) is 0.529. The van der Waals surface area contributed by atoms with Crippen molar-refractivity contribution in [1.29, 1.82) is 0 Å². The number of likely N-dealkylation sites (tertiary alicyclic amines) is 1. The van der Waals surface area contributed by atoms with Crippen molar-refractivity contribution in [3.63, 3.8) is 0 Å². The SMILES string of the molecule is CC(C)n1cnnc1C1CCCN(C(=O)Cc2cccnc2)C1. The van der Waals surface area contributed by atoms with Gasteiger partial charge in [-0.2, -0.15) is 0 Å². The molecule has 1 unspecified atom stereocenters. The van der Waals surface area contributed by atoms with Crippen LogP contribution in [-0.4, -0.2) is 43.6 Å². The van der Waals surface area contributed by atoms with Crippen molar-refractivity contribution >= 4 is 5.91 Å². The highest BCUT2D eigenvalue weighted by Crippen LogP contribution is 2.27. The Balaban J connectivity index is 1.68. The summed E-state index contributed by atoms with van der Waals surface area (Å²) in [5.74, 6) is 1.43. The number of carbonyl (C=O) groups excluding carboxylic acids is 1. The fourth-order valence-corrected chi connectivity index (χ4v) is 3.15. The largest absolute Gasteiger partial charge is 0.342 e. The topological polar surface area (TPSA) is 63.9 Å². The summed E-state index contributed by atoms with van der Waals surface area (Å²) in [5, 5.41) is 8.36. The van der Waals surface area contributed by atoms with Crippen LogP contribution < -0.4 is 0 Å². The average molecular weight is 313 g/mol. The molecular formula is C17H23N5O. The Hall–Kier alpha value is -2.24. The summed E-state index contributed by atoms with van der Waals surface area (Å²) in [6.07, 6.45) is 7.75. The van der Waals surface area contributed by atoms with Gasteiger partial charge in [-0.1, -0.05) is 6.07 Å². The molecule has 0 spiro atoms. The lowest BCUT2D eigenvalue weighted by molar-refractivity contribution is -0.131. The van der Waals surface area contributed by atoms with Crippen molar-refractivity contribution < 1.29 is 4.79 Å². The number of rotatable bonds is 4. The molecule has 122 valence electrons. The number of hydrogen-bond acceptors (Lipinski definition) is 4. The van der Waals surface area contributed by atoms with E-state index >= 15 is 0 Å². The van der Waals surface area contributed by atoms with Crippen molar-refractivity contribution in [3.8, 4) is 0 Å². The molecule has 1 aliphatic rings. The zero-order chi connectivity index (χ0) is 16.2. The van der Waals surface area contributed by atoms with E-state index in [0.29, 0.717) is 12.5 Å². The quantitative estimate of drug-likeness (QED) is 0.868. The van der Waals surface area contributed by atoms with Crippen LogP contribution in [0.1, 0.15) is 50.0 Å². The molecule has 1 aliphatic heterocycles. The van der Waals surface area contributed by atoms with Crippen molar-refractivity contribution in [3.05, 3.63) is 42.2 Å². The van der Waals surface area contributed by atoms with Crippen LogP contribution in [0.4, 0.5) is 0 Å². The molecule has 0 N–H and O–H groups in total. The van der Waals surface area contributed by atoms with Gasteiger partial charge in [0.05, 0.1) is 6.42 Å². The lowest BCUT2D eigenvalue weighted by atomic mass is 9.96. The normalized spacial score (nSPS) is 18.4. The van der Waals surface area contributed by atoms with Crippen molar-refractivity contribution in [2.24, 2.45) is 0 Å². The predicted octanol–water partition coefficient (Wildman–Crippen LogP) is 2.20. The van der Waals surface area contributed by atoms with Gasteiger partial charge < -0.3 is 9.47 Å². The minimum Gasteiger partial charge on any atom is -0.342 e. The van der Waals surface area contributed by atoms with Gasteiger partial charge in [0.25, 0.3) is 0 Å². The van der Waals surface area contributed by atoms with Crippen molar-refractivity contribution in [2.45, 2.75) is 45.1 Å². The summed E-state index contributed by atoms with van der Waals surface area (Å²) in [4.78, 5) is 18.6. The molecular weight excluding hydrogens is 290 g/mol. The zero-order valence-corrected chi connectivity index (χ0v) is 13.7. The molecule has 1 amide bonds. The molecule has 2 aromatic heterocycles. The van der Waals surface area contributed by atoms with Crippen molar-refractivity contribution in [1.82, 2.24) is 24.6 Å². The summed E-state index contributed by atoms with van der Waals surface area (Å²) >= 11 is 0. The van der Waals surface area contributed by atoms with Gasteiger partial charge in [-0.15, -0.1) is 10.2 Å². The van der Waals surface area contributed by atoms with E-state index < -0.39 is 0 Å². The number of carbonyl (C=O) groups is 1. The van der Waals surface area contributed by atoms with Gasteiger partial charge >= 0.3 is 0 Å². The molecule has 6 nitrogen and oxygen atoms in total. The molecule has 0 bridgehead atoms. The zero-order valence-electron chi connectivity index (χ0n) is 13.7. The third kappa shape index (κ3) is 3.57. The van der Waals surface area contributed by atoms with Crippen molar-refractivity contribution in [2.75, 3.05) is 13.1 Å². The Morgan fingerprint density at radius 3 is 3.04 bits per heavy atom. The van der Waals surface area contributed by atoms with Gasteiger partial charge in [0.2, 0.25) is 5.91 Å². The molecule has 23 heavy (non-hydrogen) atoms. The predicted molar refractivity (Wildman–Crippen MR) is 86.9 cm³/mol. The number of amides is 1. The molecule has 0 radical (unpaired) electrons. The third-order valence-electron chi connectivity index (χ3n) is 4.37.